The van der Waals surface area contributed by atoms with E-state index in [0.717, 1.165) is 23.3 Å². The predicted octanol–water partition coefficient (Wildman–Crippen LogP) is 0.956. The molecule has 0 radical (unpaired) electrons. The number of aldehydes is 1. The molecule has 2 N–H and O–H groups in total. The van der Waals surface area contributed by atoms with Crippen LogP contribution in [0.25, 0.3) is 5.52 Å². The van der Waals surface area contributed by atoms with E-state index in [1.807, 2.05) is 29.5 Å². The molecule has 0 unspecified atom stereocenters. The molecule has 0 bridgehead atoms. The Morgan fingerprint density at radius 1 is 1.53 bits per heavy atom. The number of nitrogens with zero attached hydrogens (tertiary/aromatic N) is 2. The van der Waals surface area contributed by atoms with Crippen LogP contribution in [0.1, 0.15) is 22.0 Å². The number of aromatic nitrogens is 2. The van der Waals surface area contributed by atoms with Crippen molar-refractivity contribution in [1.29, 1.82) is 0 Å². The molecule has 4 heteroatoms. The van der Waals surface area contributed by atoms with Gasteiger partial charge in [0.2, 0.25) is 0 Å². The lowest BCUT2D eigenvalue weighted by Gasteiger charge is -2.03. The molecule has 2 heterocycles. The molecule has 0 amide bonds. The summed E-state index contributed by atoms with van der Waals surface area (Å²) in [5.74, 6) is 0.854. The molecule has 0 saturated carbocycles. The number of aryl methyl sites for hydroxylation is 1. The molecule has 0 aliphatic carbocycles. The normalized spacial score (nSPS) is 10.8. The fraction of sp³-hybridized carbons (Fsp3) is 0.273. The summed E-state index contributed by atoms with van der Waals surface area (Å²) in [5, 5.41) is 0. The second-order valence-electron chi connectivity index (χ2n) is 3.46. The van der Waals surface area contributed by atoms with Crippen LogP contribution in [-0.4, -0.2) is 22.2 Å². The number of fused-ring (bicyclic) bond motifs is 1. The lowest BCUT2D eigenvalue weighted by Crippen LogP contribution is -2.07. The van der Waals surface area contributed by atoms with Gasteiger partial charge in [0, 0.05) is 12.1 Å². The molecular weight excluding hydrogens is 190 g/mol. The first-order valence-electron chi connectivity index (χ1n) is 4.90. The highest BCUT2D eigenvalue weighted by atomic mass is 16.1. The number of hydrogen-bond acceptors (Lipinski definition) is 3. The maximum absolute atomic E-state index is 10.8. The topological polar surface area (TPSA) is 60.4 Å². The Hall–Kier alpha value is -1.68. The molecule has 2 aromatic heterocycles. The second-order valence-corrected chi connectivity index (χ2v) is 3.46. The maximum atomic E-state index is 10.8. The zero-order valence-electron chi connectivity index (χ0n) is 8.60. The Morgan fingerprint density at radius 3 is 3.00 bits per heavy atom. The number of imidazole rings is 1. The van der Waals surface area contributed by atoms with E-state index in [2.05, 4.69) is 4.98 Å². The largest absolute Gasteiger partial charge is 0.330 e. The van der Waals surface area contributed by atoms with Crippen LogP contribution in [0.2, 0.25) is 0 Å². The highest BCUT2D eigenvalue weighted by Crippen LogP contribution is 2.14. The van der Waals surface area contributed by atoms with Crippen molar-refractivity contribution in [2.45, 2.75) is 13.3 Å². The summed E-state index contributed by atoms with van der Waals surface area (Å²) >= 11 is 0. The van der Waals surface area contributed by atoms with Gasteiger partial charge in [-0.15, -0.1) is 0 Å². The van der Waals surface area contributed by atoms with E-state index in [4.69, 9.17) is 5.73 Å². The van der Waals surface area contributed by atoms with Gasteiger partial charge in [0.15, 0.2) is 6.29 Å². The molecule has 0 aromatic carbocycles. The van der Waals surface area contributed by atoms with Crippen LogP contribution < -0.4 is 5.73 Å². The quantitative estimate of drug-likeness (QED) is 0.756. The fourth-order valence-corrected chi connectivity index (χ4v) is 1.79. The molecule has 0 saturated heterocycles. The van der Waals surface area contributed by atoms with Crippen molar-refractivity contribution in [2.75, 3.05) is 6.54 Å². The number of hydrogen-bond donors (Lipinski definition) is 1. The Bertz CT molecular complexity index is 502. The summed E-state index contributed by atoms with van der Waals surface area (Å²) in [5.41, 5.74) is 7.92. The average Bonchev–Trinajstić information content (AvgIpc) is 2.59. The van der Waals surface area contributed by atoms with E-state index in [1.165, 1.54) is 0 Å². The summed E-state index contributed by atoms with van der Waals surface area (Å²) in [4.78, 5) is 15.1. The Morgan fingerprint density at radius 2 is 2.33 bits per heavy atom. The van der Waals surface area contributed by atoms with Gasteiger partial charge in [-0.3, -0.25) is 4.79 Å². The van der Waals surface area contributed by atoms with Crippen LogP contribution in [0, 0.1) is 6.92 Å². The lowest BCUT2D eigenvalue weighted by molar-refractivity contribution is 0.112. The van der Waals surface area contributed by atoms with Gasteiger partial charge < -0.3 is 10.1 Å². The molecule has 0 aliphatic heterocycles. The maximum Gasteiger partial charge on any atom is 0.170 e. The summed E-state index contributed by atoms with van der Waals surface area (Å²) < 4.78 is 1.98. The van der Waals surface area contributed by atoms with Gasteiger partial charge in [0.1, 0.15) is 11.5 Å². The summed E-state index contributed by atoms with van der Waals surface area (Å²) in [6, 6.07) is 5.80. The summed E-state index contributed by atoms with van der Waals surface area (Å²) in [7, 11) is 0. The molecular formula is C11H13N3O. The second kappa shape index (κ2) is 3.82. The summed E-state index contributed by atoms with van der Waals surface area (Å²) in [6.45, 7) is 2.52. The van der Waals surface area contributed by atoms with Crippen molar-refractivity contribution in [3.63, 3.8) is 0 Å². The monoisotopic (exact) mass is 203 g/mol. The zero-order chi connectivity index (χ0) is 10.8. The molecule has 4 nitrogen and oxygen atoms in total. The van der Waals surface area contributed by atoms with Gasteiger partial charge >= 0.3 is 0 Å². The van der Waals surface area contributed by atoms with Gasteiger partial charge in [0.25, 0.3) is 0 Å². The van der Waals surface area contributed by atoms with Gasteiger partial charge in [-0.05, 0) is 25.6 Å². The van der Waals surface area contributed by atoms with Crippen LogP contribution in [0.5, 0.6) is 0 Å². The first-order valence-corrected chi connectivity index (χ1v) is 4.90. The molecule has 0 aliphatic rings. The van der Waals surface area contributed by atoms with Crippen molar-refractivity contribution >= 4 is 11.8 Å². The molecule has 0 spiro atoms. The summed E-state index contributed by atoms with van der Waals surface area (Å²) in [6.07, 6.45) is 1.47. The number of nitrogens with two attached hydrogens (primary N) is 1. The van der Waals surface area contributed by atoms with Gasteiger partial charge in [-0.25, -0.2) is 4.98 Å². The Labute approximate surface area is 87.7 Å². The van der Waals surface area contributed by atoms with Crippen molar-refractivity contribution in [1.82, 2.24) is 9.38 Å². The lowest BCUT2D eigenvalue weighted by atomic mass is 10.3. The molecule has 78 valence electrons. The molecule has 15 heavy (non-hydrogen) atoms. The first kappa shape index (κ1) is 9.86. The minimum Gasteiger partial charge on any atom is -0.330 e. The third-order valence-electron chi connectivity index (χ3n) is 2.43. The number of pyridine rings is 1. The van der Waals surface area contributed by atoms with Crippen LogP contribution in [-0.2, 0) is 6.42 Å². The fourth-order valence-electron chi connectivity index (χ4n) is 1.79. The van der Waals surface area contributed by atoms with E-state index < -0.39 is 0 Å². The van der Waals surface area contributed by atoms with Crippen molar-refractivity contribution < 1.29 is 4.79 Å². The van der Waals surface area contributed by atoms with Crippen LogP contribution in [0.3, 0.4) is 0 Å². The molecule has 2 rings (SSSR count). The highest BCUT2D eigenvalue weighted by molar-refractivity contribution is 5.83. The van der Waals surface area contributed by atoms with Crippen LogP contribution >= 0.6 is 0 Å². The van der Waals surface area contributed by atoms with Crippen LogP contribution in [0.4, 0.5) is 0 Å². The number of carbonyl (C=O) groups excluding carboxylic acids is 1. The third-order valence-corrected chi connectivity index (χ3v) is 2.43. The SMILES string of the molecule is Cc1cccc2c(C=O)nc(CCN)n12. The Kier molecular flexibility index (Phi) is 2.51. The number of carbonyl (C=O) groups is 1. The van der Waals surface area contributed by atoms with Gasteiger partial charge in [-0.1, -0.05) is 6.07 Å². The van der Waals surface area contributed by atoms with E-state index in [9.17, 15) is 4.79 Å². The van der Waals surface area contributed by atoms with E-state index in [1.54, 1.807) is 0 Å². The smallest absolute Gasteiger partial charge is 0.170 e. The predicted molar refractivity (Wildman–Crippen MR) is 58.1 cm³/mol. The average molecular weight is 203 g/mol. The Balaban J connectivity index is 2.75. The van der Waals surface area contributed by atoms with Crippen molar-refractivity contribution in [3.8, 4) is 0 Å². The highest BCUT2D eigenvalue weighted by Gasteiger charge is 2.10. The molecule has 0 fully saturated rings. The standard InChI is InChI=1S/C11H13N3O/c1-8-3-2-4-10-9(7-15)13-11(5-6-12)14(8)10/h2-4,7H,5-6,12H2,1H3. The van der Waals surface area contributed by atoms with E-state index >= 15 is 0 Å². The first-order chi connectivity index (χ1) is 7.27. The van der Waals surface area contributed by atoms with E-state index in [0.29, 0.717) is 18.7 Å². The van der Waals surface area contributed by atoms with Crippen molar-refractivity contribution in [2.24, 2.45) is 5.73 Å². The minimum absolute atomic E-state index is 0.488. The van der Waals surface area contributed by atoms with Gasteiger partial charge in [0.05, 0.1) is 5.52 Å². The van der Waals surface area contributed by atoms with E-state index in [-0.39, 0.29) is 0 Å². The molecule has 2 aromatic rings. The zero-order valence-corrected chi connectivity index (χ0v) is 8.60. The number of rotatable bonds is 3. The van der Waals surface area contributed by atoms with Crippen molar-refractivity contribution in [3.05, 3.63) is 35.4 Å². The molecule has 0 atom stereocenters. The minimum atomic E-state index is 0.488. The van der Waals surface area contributed by atoms with Crippen LogP contribution in [0.15, 0.2) is 18.2 Å². The third kappa shape index (κ3) is 1.53. The van der Waals surface area contributed by atoms with Gasteiger partial charge in [-0.2, -0.15) is 0 Å².